The Morgan fingerprint density at radius 1 is 1.42 bits per heavy atom. The normalized spacial score (nSPS) is 22.8. The van der Waals surface area contributed by atoms with Crippen LogP contribution in [0.5, 0.6) is 0 Å². The molecule has 3 rings (SSSR count). The molecule has 0 spiro atoms. The molecule has 2 aromatic rings. The number of nitrogens with two attached hydrogens (primary N) is 1. The lowest BCUT2D eigenvalue weighted by molar-refractivity contribution is 0.0924. The molecule has 0 bridgehead atoms. The summed E-state index contributed by atoms with van der Waals surface area (Å²) in [5, 5.41) is 4.42. The number of hydrogen-bond donors (Lipinski definition) is 3. The first-order valence-electron chi connectivity index (χ1n) is 6.06. The van der Waals surface area contributed by atoms with Crippen molar-refractivity contribution in [1.82, 2.24) is 10.3 Å². The first-order valence-corrected chi connectivity index (χ1v) is 6.44. The fraction of sp³-hybridized carbons (Fsp3) is 0.308. The Balaban J connectivity index is 1.81. The molecule has 100 valence electrons. The smallest absolute Gasteiger partial charge is 0.268 e. The van der Waals surface area contributed by atoms with E-state index in [1.165, 1.54) is 0 Å². The van der Waals surface area contributed by atoms with Crippen LogP contribution in [0.2, 0.25) is 5.02 Å². The molecule has 1 fully saturated rings. The molecule has 0 aliphatic carbocycles. The van der Waals surface area contributed by atoms with Crippen LogP contribution in [0.1, 0.15) is 10.5 Å². The predicted octanol–water partition coefficient (Wildman–Crippen LogP) is 1.28. The van der Waals surface area contributed by atoms with Crippen molar-refractivity contribution in [3.8, 4) is 0 Å². The maximum atomic E-state index is 12.1. The highest BCUT2D eigenvalue weighted by Crippen LogP contribution is 2.20. The average Bonchev–Trinajstić information content (AvgIpc) is 2.96. The zero-order valence-electron chi connectivity index (χ0n) is 10.2. The third kappa shape index (κ3) is 2.45. The number of halogens is 1. The standard InChI is InChI=1S/C13H14ClN3O2/c14-8-1-2-10-7(3-8)4-11(16-10)13(18)17-12-6-19-5-9(12)15/h1-4,9,12,16H,5-6,15H2,(H,17,18). The Morgan fingerprint density at radius 2 is 2.26 bits per heavy atom. The number of fused-ring (bicyclic) bond motifs is 1. The van der Waals surface area contributed by atoms with Crippen LogP contribution in [0.3, 0.4) is 0 Å². The first-order chi connectivity index (χ1) is 9.13. The maximum Gasteiger partial charge on any atom is 0.268 e. The van der Waals surface area contributed by atoms with Crippen LogP contribution in [0.15, 0.2) is 24.3 Å². The number of aromatic nitrogens is 1. The van der Waals surface area contributed by atoms with E-state index >= 15 is 0 Å². The molecule has 19 heavy (non-hydrogen) atoms. The second kappa shape index (κ2) is 4.85. The molecule has 2 heterocycles. The van der Waals surface area contributed by atoms with Gasteiger partial charge in [-0.1, -0.05) is 11.6 Å². The SMILES string of the molecule is NC1COCC1NC(=O)c1cc2cc(Cl)ccc2[nH]1. The number of rotatable bonds is 2. The van der Waals surface area contributed by atoms with Crippen molar-refractivity contribution >= 4 is 28.4 Å². The summed E-state index contributed by atoms with van der Waals surface area (Å²) in [7, 11) is 0. The van der Waals surface area contributed by atoms with Crippen molar-refractivity contribution in [1.29, 1.82) is 0 Å². The van der Waals surface area contributed by atoms with E-state index in [1.807, 2.05) is 12.1 Å². The first kappa shape index (κ1) is 12.5. The number of carbonyl (C=O) groups excluding carboxylic acids is 1. The van der Waals surface area contributed by atoms with Gasteiger partial charge in [0.05, 0.1) is 25.3 Å². The van der Waals surface area contributed by atoms with Gasteiger partial charge in [0.25, 0.3) is 5.91 Å². The van der Waals surface area contributed by atoms with Gasteiger partial charge in [-0.05, 0) is 24.3 Å². The molecule has 1 aliphatic rings. The monoisotopic (exact) mass is 279 g/mol. The fourth-order valence-corrected chi connectivity index (χ4v) is 2.37. The van der Waals surface area contributed by atoms with Crippen LogP contribution in [0.25, 0.3) is 10.9 Å². The highest BCUT2D eigenvalue weighted by atomic mass is 35.5. The van der Waals surface area contributed by atoms with E-state index in [0.29, 0.717) is 23.9 Å². The summed E-state index contributed by atoms with van der Waals surface area (Å²) in [6.45, 7) is 0.937. The minimum Gasteiger partial charge on any atom is -0.378 e. The van der Waals surface area contributed by atoms with Crippen molar-refractivity contribution in [3.05, 3.63) is 35.0 Å². The second-order valence-corrected chi connectivity index (χ2v) is 5.13. The van der Waals surface area contributed by atoms with Gasteiger partial charge < -0.3 is 20.8 Å². The summed E-state index contributed by atoms with van der Waals surface area (Å²) >= 11 is 5.92. The Labute approximate surface area is 115 Å². The molecular formula is C13H14ClN3O2. The topological polar surface area (TPSA) is 80.1 Å². The van der Waals surface area contributed by atoms with Gasteiger partial charge in [0.1, 0.15) is 5.69 Å². The van der Waals surface area contributed by atoms with Crippen LogP contribution >= 0.6 is 11.6 Å². The minimum atomic E-state index is -0.182. The van der Waals surface area contributed by atoms with Gasteiger partial charge in [0, 0.05) is 15.9 Å². The summed E-state index contributed by atoms with van der Waals surface area (Å²) in [5.41, 5.74) is 7.21. The molecule has 0 radical (unpaired) electrons. The summed E-state index contributed by atoms with van der Waals surface area (Å²) in [6, 6.07) is 6.93. The summed E-state index contributed by atoms with van der Waals surface area (Å²) in [6.07, 6.45) is 0. The summed E-state index contributed by atoms with van der Waals surface area (Å²) in [4.78, 5) is 15.2. The van der Waals surface area contributed by atoms with Crippen molar-refractivity contribution in [2.45, 2.75) is 12.1 Å². The lowest BCUT2D eigenvalue weighted by Crippen LogP contribution is -2.46. The zero-order valence-corrected chi connectivity index (χ0v) is 10.9. The lowest BCUT2D eigenvalue weighted by atomic mass is 10.2. The molecule has 1 aromatic carbocycles. The van der Waals surface area contributed by atoms with Crippen LogP contribution in [0.4, 0.5) is 0 Å². The van der Waals surface area contributed by atoms with E-state index in [2.05, 4.69) is 10.3 Å². The van der Waals surface area contributed by atoms with Gasteiger partial charge in [-0.3, -0.25) is 4.79 Å². The van der Waals surface area contributed by atoms with Gasteiger partial charge in [-0.15, -0.1) is 0 Å². The number of carbonyl (C=O) groups is 1. The Bertz CT molecular complexity index is 625. The van der Waals surface area contributed by atoms with Crippen LogP contribution < -0.4 is 11.1 Å². The molecular weight excluding hydrogens is 266 g/mol. The highest BCUT2D eigenvalue weighted by molar-refractivity contribution is 6.31. The van der Waals surface area contributed by atoms with E-state index in [-0.39, 0.29) is 18.0 Å². The number of aromatic amines is 1. The third-order valence-corrected chi connectivity index (χ3v) is 3.50. The van der Waals surface area contributed by atoms with Crippen LogP contribution in [-0.4, -0.2) is 36.2 Å². The molecule has 2 unspecified atom stereocenters. The van der Waals surface area contributed by atoms with Crippen molar-refractivity contribution in [2.24, 2.45) is 5.73 Å². The van der Waals surface area contributed by atoms with E-state index in [0.717, 1.165) is 10.9 Å². The van der Waals surface area contributed by atoms with Crippen molar-refractivity contribution in [2.75, 3.05) is 13.2 Å². The van der Waals surface area contributed by atoms with Gasteiger partial charge in [-0.2, -0.15) is 0 Å². The van der Waals surface area contributed by atoms with Crippen molar-refractivity contribution < 1.29 is 9.53 Å². The summed E-state index contributed by atoms with van der Waals surface area (Å²) in [5.74, 6) is -0.182. The number of amides is 1. The average molecular weight is 280 g/mol. The number of ether oxygens (including phenoxy) is 1. The van der Waals surface area contributed by atoms with Crippen LogP contribution in [0, 0.1) is 0 Å². The van der Waals surface area contributed by atoms with Gasteiger partial charge in [0.15, 0.2) is 0 Å². The molecule has 5 nitrogen and oxygen atoms in total. The summed E-state index contributed by atoms with van der Waals surface area (Å²) < 4.78 is 5.21. The van der Waals surface area contributed by atoms with E-state index in [1.54, 1.807) is 12.1 Å². The number of H-pyrrole nitrogens is 1. The van der Waals surface area contributed by atoms with E-state index < -0.39 is 0 Å². The minimum absolute atomic E-state index is 0.137. The van der Waals surface area contributed by atoms with Gasteiger partial charge in [-0.25, -0.2) is 0 Å². The Kier molecular flexibility index (Phi) is 3.18. The van der Waals surface area contributed by atoms with E-state index in [9.17, 15) is 4.79 Å². The van der Waals surface area contributed by atoms with Gasteiger partial charge >= 0.3 is 0 Å². The molecule has 6 heteroatoms. The largest absolute Gasteiger partial charge is 0.378 e. The van der Waals surface area contributed by atoms with Gasteiger partial charge in [0.2, 0.25) is 0 Å². The molecule has 1 saturated heterocycles. The second-order valence-electron chi connectivity index (χ2n) is 4.70. The third-order valence-electron chi connectivity index (χ3n) is 3.27. The number of nitrogens with one attached hydrogen (secondary N) is 2. The Morgan fingerprint density at radius 3 is 3.00 bits per heavy atom. The zero-order chi connectivity index (χ0) is 13.4. The number of benzene rings is 1. The number of hydrogen-bond acceptors (Lipinski definition) is 3. The molecule has 1 aromatic heterocycles. The molecule has 0 saturated carbocycles. The quantitative estimate of drug-likeness (QED) is 0.775. The maximum absolute atomic E-state index is 12.1. The van der Waals surface area contributed by atoms with Crippen LogP contribution in [-0.2, 0) is 4.74 Å². The molecule has 4 N–H and O–H groups in total. The van der Waals surface area contributed by atoms with E-state index in [4.69, 9.17) is 22.1 Å². The lowest BCUT2D eigenvalue weighted by Gasteiger charge is -2.14. The predicted molar refractivity (Wildman–Crippen MR) is 73.4 cm³/mol. The fourth-order valence-electron chi connectivity index (χ4n) is 2.19. The highest BCUT2D eigenvalue weighted by Gasteiger charge is 2.26. The van der Waals surface area contributed by atoms with Crippen molar-refractivity contribution in [3.63, 3.8) is 0 Å². The molecule has 2 atom stereocenters. The Hall–Kier alpha value is -1.56. The molecule has 1 aliphatic heterocycles. The molecule has 1 amide bonds.